The highest BCUT2D eigenvalue weighted by atomic mass is 16.5. The Bertz CT molecular complexity index is 170. The Morgan fingerprint density at radius 1 is 1.18 bits per heavy atom. The molecule has 0 aromatic carbocycles. The summed E-state index contributed by atoms with van der Waals surface area (Å²) in [6, 6.07) is 0. The van der Waals surface area contributed by atoms with Crippen molar-refractivity contribution in [3.8, 4) is 0 Å². The van der Waals surface area contributed by atoms with Crippen LogP contribution in [0.4, 0.5) is 0 Å². The van der Waals surface area contributed by atoms with Gasteiger partial charge in [-0.15, -0.1) is 0 Å². The Labute approximate surface area is 109 Å². The van der Waals surface area contributed by atoms with Crippen molar-refractivity contribution in [2.75, 3.05) is 26.3 Å². The molecule has 0 spiro atoms. The maximum Gasteiger partial charge on any atom is 0.0471 e. The minimum absolute atomic E-state index is 0.396. The SMILES string of the molecule is CCCNCC(C)(CC)CCOCCC(C)C. The lowest BCUT2D eigenvalue weighted by molar-refractivity contribution is 0.0893. The molecule has 0 amide bonds. The summed E-state index contributed by atoms with van der Waals surface area (Å²) < 4.78 is 5.72. The van der Waals surface area contributed by atoms with E-state index in [9.17, 15) is 0 Å². The van der Waals surface area contributed by atoms with E-state index in [1.165, 1.54) is 19.3 Å². The van der Waals surface area contributed by atoms with E-state index in [4.69, 9.17) is 4.74 Å². The van der Waals surface area contributed by atoms with Crippen LogP contribution in [0.1, 0.15) is 60.3 Å². The summed E-state index contributed by atoms with van der Waals surface area (Å²) in [5, 5.41) is 3.53. The summed E-state index contributed by atoms with van der Waals surface area (Å²) >= 11 is 0. The lowest BCUT2D eigenvalue weighted by Crippen LogP contribution is -2.33. The highest BCUT2D eigenvalue weighted by molar-refractivity contribution is 4.75. The van der Waals surface area contributed by atoms with Gasteiger partial charge >= 0.3 is 0 Å². The van der Waals surface area contributed by atoms with Gasteiger partial charge in [-0.25, -0.2) is 0 Å². The van der Waals surface area contributed by atoms with Crippen molar-refractivity contribution in [3.63, 3.8) is 0 Å². The zero-order chi connectivity index (χ0) is 13.1. The smallest absolute Gasteiger partial charge is 0.0471 e. The van der Waals surface area contributed by atoms with Gasteiger partial charge in [0.15, 0.2) is 0 Å². The third-order valence-corrected chi connectivity index (χ3v) is 3.52. The number of nitrogens with one attached hydrogen (secondary N) is 1. The fourth-order valence-electron chi connectivity index (χ4n) is 1.70. The number of hydrogen-bond acceptors (Lipinski definition) is 2. The van der Waals surface area contributed by atoms with Gasteiger partial charge in [0.1, 0.15) is 0 Å². The van der Waals surface area contributed by atoms with E-state index in [0.29, 0.717) is 5.41 Å². The van der Waals surface area contributed by atoms with E-state index < -0.39 is 0 Å². The molecule has 0 aromatic heterocycles. The summed E-state index contributed by atoms with van der Waals surface area (Å²) in [5.74, 6) is 0.749. The maximum absolute atomic E-state index is 5.72. The molecule has 2 heteroatoms. The van der Waals surface area contributed by atoms with Gasteiger partial charge in [-0.3, -0.25) is 0 Å². The van der Waals surface area contributed by atoms with Gasteiger partial charge in [0.2, 0.25) is 0 Å². The minimum atomic E-state index is 0.396. The normalized spacial score (nSPS) is 15.2. The lowest BCUT2D eigenvalue weighted by Gasteiger charge is -2.28. The Balaban J connectivity index is 3.64. The first-order chi connectivity index (χ1) is 8.04. The van der Waals surface area contributed by atoms with Gasteiger partial charge < -0.3 is 10.1 Å². The minimum Gasteiger partial charge on any atom is -0.381 e. The zero-order valence-electron chi connectivity index (χ0n) is 12.6. The van der Waals surface area contributed by atoms with Crippen LogP contribution in [0.2, 0.25) is 0 Å². The van der Waals surface area contributed by atoms with Crippen molar-refractivity contribution in [1.82, 2.24) is 5.32 Å². The van der Waals surface area contributed by atoms with E-state index in [1.807, 2.05) is 0 Å². The third-order valence-electron chi connectivity index (χ3n) is 3.52. The molecule has 0 aliphatic carbocycles. The van der Waals surface area contributed by atoms with Crippen molar-refractivity contribution in [2.24, 2.45) is 11.3 Å². The topological polar surface area (TPSA) is 21.3 Å². The van der Waals surface area contributed by atoms with Crippen LogP contribution in [0.15, 0.2) is 0 Å². The molecular formula is C15H33NO. The average molecular weight is 243 g/mol. The van der Waals surface area contributed by atoms with Crippen molar-refractivity contribution in [1.29, 1.82) is 0 Å². The van der Waals surface area contributed by atoms with Gasteiger partial charge in [-0.2, -0.15) is 0 Å². The highest BCUT2D eigenvalue weighted by Crippen LogP contribution is 2.24. The molecule has 0 radical (unpaired) electrons. The molecule has 0 saturated heterocycles. The molecule has 2 nitrogen and oxygen atoms in total. The van der Waals surface area contributed by atoms with E-state index >= 15 is 0 Å². The van der Waals surface area contributed by atoms with Crippen molar-refractivity contribution < 1.29 is 4.74 Å². The van der Waals surface area contributed by atoms with Crippen LogP contribution in [0, 0.1) is 11.3 Å². The molecule has 1 atom stereocenters. The quantitative estimate of drug-likeness (QED) is 0.556. The monoisotopic (exact) mass is 243 g/mol. The van der Waals surface area contributed by atoms with E-state index in [1.54, 1.807) is 0 Å². The van der Waals surface area contributed by atoms with Crippen LogP contribution >= 0.6 is 0 Å². The second-order valence-corrected chi connectivity index (χ2v) is 5.89. The second-order valence-electron chi connectivity index (χ2n) is 5.89. The van der Waals surface area contributed by atoms with Crippen LogP contribution in [-0.4, -0.2) is 26.3 Å². The molecule has 0 saturated carbocycles. The first-order valence-corrected chi connectivity index (χ1v) is 7.32. The summed E-state index contributed by atoms with van der Waals surface area (Å²) in [6.45, 7) is 15.4. The van der Waals surface area contributed by atoms with Gasteiger partial charge in [-0.1, -0.05) is 34.6 Å². The van der Waals surface area contributed by atoms with Crippen LogP contribution in [-0.2, 0) is 4.74 Å². The summed E-state index contributed by atoms with van der Waals surface area (Å²) in [5.41, 5.74) is 0.396. The zero-order valence-corrected chi connectivity index (χ0v) is 12.6. The van der Waals surface area contributed by atoms with E-state index in [0.717, 1.165) is 38.6 Å². The van der Waals surface area contributed by atoms with Crippen molar-refractivity contribution in [3.05, 3.63) is 0 Å². The molecule has 0 bridgehead atoms. The molecule has 0 fully saturated rings. The molecule has 104 valence electrons. The molecule has 0 aromatic rings. The summed E-state index contributed by atoms with van der Waals surface area (Å²) in [6.07, 6.45) is 4.77. The molecule has 17 heavy (non-hydrogen) atoms. The van der Waals surface area contributed by atoms with Crippen LogP contribution in [0.3, 0.4) is 0 Å². The largest absolute Gasteiger partial charge is 0.381 e. The predicted octanol–water partition coefficient (Wildman–Crippen LogP) is 3.86. The molecule has 0 heterocycles. The number of ether oxygens (including phenoxy) is 1. The van der Waals surface area contributed by atoms with Gasteiger partial charge in [-0.05, 0) is 43.6 Å². The molecular weight excluding hydrogens is 210 g/mol. The Morgan fingerprint density at radius 3 is 2.41 bits per heavy atom. The Kier molecular flexibility index (Phi) is 9.85. The standard InChI is InChI=1S/C15H33NO/c1-6-10-16-13-15(5,7-2)9-12-17-11-8-14(3)4/h14,16H,6-13H2,1-5H3. The molecule has 1 N–H and O–H groups in total. The molecule has 0 rings (SSSR count). The first kappa shape index (κ1) is 16.9. The van der Waals surface area contributed by atoms with Crippen molar-refractivity contribution in [2.45, 2.75) is 60.3 Å². The first-order valence-electron chi connectivity index (χ1n) is 7.32. The van der Waals surface area contributed by atoms with E-state index in [-0.39, 0.29) is 0 Å². The molecule has 0 aliphatic heterocycles. The van der Waals surface area contributed by atoms with Crippen molar-refractivity contribution >= 4 is 0 Å². The van der Waals surface area contributed by atoms with Crippen LogP contribution in [0.5, 0.6) is 0 Å². The summed E-state index contributed by atoms with van der Waals surface area (Å²) in [7, 11) is 0. The molecule has 0 aliphatic rings. The second kappa shape index (κ2) is 9.90. The van der Waals surface area contributed by atoms with E-state index in [2.05, 4.69) is 39.9 Å². The number of rotatable bonds is 11. The lowest BCUT2D eigenvalue weighted by atomic mass is 9.84. The van der Waals surface area contributed by atoms with Gasteiger partial charge in [0, 0.05) is 19.8 Å². The number of hydrogen-bond donors (Lipinski definition) is 1. The van der Waals surface area contributed by atoms with Gasteiger partial charge in [0.05, 0.1) is 0 Å². The van der Waals surface area contributed by atoms with Gasteiger partial charge in [0.25, 0.3) is 0 Å². The third kappa shape index (κ3) is 9.61. The Hall–Kier alpha value is -0.0800. The predicted molar refractivity (Wildman–Crippen MR) is 76.4 cm³/mol. The fraction of sp³-hybridized carbons (Fsp3) is 1.00. The maximum atomic E-state index is 5.72. The highest BCUT2D eigenvalue weighted by Gasteiger charge is 2.20. The fourth-order valence-corrected chi connectivity index (χ4v) is 1.70. The van der Waals surface area contributed by atoms with Crippen LogP contribution in [0.25, 0.3) is 0 Å². The van der Waals surface area contributed by atoms with Crippen LogP contribution < -0.4 is 5.32 Å². The summed E-state index contributed by atoms with van der Waals surface area (Å²) in [4.78, 5) is 0. The Morgan fingerprint density at radius 2 is 1.88 bits per heavy atom. The average Bonchev–Trinajstić information content (AvgIpc) is 2.28. The molecule has 1 unspecified atom stereocenters.